The third kappa shape index (κ3) is 2.68. The van der Waals surface area contributed by atoms with E-state index in [-0.39, 0.29) is 0 Å². The van der Waals surface area contributed by atoms with Gasteiger partial charge in [-0.05, 0) is 19.1 Å². The van der Waals surface area contributed by atoms with E-state index in [0.717, 1.165) is 27.2 Å². The summed E-state index contributed by atoms with van der Waals surface area (Å²) in [5, 5.41) is 9.31. The van der Waals surface area contributed by atoms with E-state index >= 15 is 0 Å². The molecule has 0 fully saturated rings. The number of carbonyl (C=O) groups is 1. The third-order valence-corrected chi connectivity index (χ3v) is 4.90. The first-order chi connectivity index (χ1) is 12.2. The Labute approximate surface area is 147 Å². The van der Waals surface area contributed by atoms with E-state index in [1.165, 1.54) is 18.4 Å². The molecule has 0 aliphatic heterocycles. The number of ether oxygens (including phenoxy) is 1. The van der Waals surface area contributed by atoms with Gasteiger partial charge in [-0.15, -0.1) is 16.4 Å². The lowest BCUT2D eigenvalue weighted by atomic mass is 10.2. The molecule has 0 radical (unpaired) electrons. The van der Waals surface area contributed by atoms with Crippen molar-refractivity contribution >= 4 is 27.5 Å². The Morgan fingerprint density at radius 1 is 1.16 bits per heavy atom. The average Bonchev–Trinajstić information content (AvgIpc) is 3.25. The van der Waals surface area contributed by atoms with Crippen LogP contribution in [0.2, 0.25) is 0 Å². The number of aromatic nitrogens is 4. The number of pyridine rings is 1. The molecule has 124 valence electrons. The molecule has 3 heterocycles. The molecule has 3 aromatic heterocycles. The van der Waals surface area contributed by atoms with Crippen LogP contribution >= 0.6 is 11.3 Å². The van der Waals surface area contributed by atoms with E-state index in [0.29, 0.717) is 10.6 Å². The molecule has 0 unspecified atom stereocenters. The molecule has 0 atom stereocenters. The molecule has 4 aromatic rings. The summed E-state index contributed by atoms with van der Waals surface area (Å²) < 4.78 is 6.55. The van der Waals surface area contributed by atoms with Crippen LogP contribution in [0.15, 0.2) is 48.7 Å². The van der Waals surface area contributed by atoms with E-state index in [2.05, 4.69) is 15.3 Å². The van der Waals surface area contributed by atoms with Crippen molar-refractivity contribution in [3.05, 3.63) is 59.2 Å². The molecule has 0 bridgehead atoms. The first-order valence-corrected chi connectivity index (χ1v) is 8.45. The second kappa shape index (κ2) is 6.10. The van der Waals surface area contributed by atoms with Crippen molar-refractivity contribution in [2.24, 2.45) is 0 Å². The summed E-state index contributed by atoms with van der Waals surface area (Å²) in [6, 6.07) is 13.6. The van der Waals surface area contributed by atoms with Gasteiger partial charge in [-0.3, -0.25) is 0 Å². The van der Waals surface area contributed by atoms with Crippen molar-refractivity contribution in [3.63, 3.8) is 0 Å². The number of carbonyl (C=O) groups excluding carboxylic acids is 1. The maximum Gasteiger partial charge on any atom is 0.350 e. The first-order valence-electron chi connectivity index (χ1n) is 7.64. The zero-order valence-electron chi connectivity index (χ0n) is 13.6. The topological polar surface area (TPSA) is 69.9 Å². The van der Waals surface area contributed by atoms with Crippen LogP contribution in [0.4, 0.5) is 0 Å². The molecule has 6 nitrogen and oxygen atoms in total. The van der Waals surface area contributed by atoms with Crippen molar-refractivity contribution < 1.29 is 9.53 Å². The van der Waals surface area contributed by atoms with E-state index in [4.69, 9.17) is 4.74 Å². The Balaban J connectivity index is 1.91. The highest BCUT2D eigenvalue weighted by atomic mass is 32.1. The maximum atomic E-state index is 12.2. The zero-order chi connectivity index (χ0) is 17.4. The molecule has 0 N–H and O–H groups in total. The fraction of sp³-hybridized carbons (Fsp3) is 0.111. The van der Waals surface area contributed by atoms with Crippen LogP contribution in [0.5, 0.6) is 0 Å². The molecular formula is C18H14N4O2S. The Morgan fingerprint density at radius 3 is 2.72 bits per heavy atom. The second-order valence-electron chi connectivity index (χ2n) is 5.49. The van der Waals surface area contributed by atoms with Crippen LogP contribution < -0.4 is 0 Å². The van der Waals surface area contributed by atoms with Crippen molar-refractivity contribution in [1.29, 1.82) is 0 Å². The van der Waals surface area contributed by atoms with Gasteiger partial charge in [0.1, 0.15) is 21.1 Å². The van der Waals surface area contributed by atoms with E-state index in [9.17, 15) is 4.79 Å². The number of hydrogen-bond donors (Lipinski definition) is 0. The normalized spacial score (nSPS) is 11.0. The van der Waals surface area contributed by atoms with Gasteiger partial charge in [-0.2, -0.15) is 0 Å². The number of rotatable bonds is 3. The van der Waals surface area contributed by atoms with Gasteiger partial charge in [0.15, 0.2) is 0 Å². The van der Waals surface area contributed by atoms with Gasteiger partial charge in [0.05, 0.1) is 13.3 Å². The van der Waals surface area contributed by atoms with Crippen LogP contribution in [-0.4, -0.2) is 33.1 Å². The lowest BCUT2D eigenvalue weighted by Gasteiger charge is -2.02. The monoisotopic (exact) mass is 350 g/mol. The predicted octanol–water partition coefficient (Wildman–Crippen LogP) is 3.64. The van der Waals surface area contributed by atoms with Crippen LogP contribution in [0, 0.1) is 6.92 Å². The summed E-state index contributed by atoms with van der Waals surface area (Å²) in [7, 11) is 1.37. The summed E-state index contributed by atoms with van der Waals surface area (Å²) in [4.78, 5) is 18.0. The number of nitrogens with zero attached hydrogens (tertiary/aromatic N) is 4. The highest BCUT2D eigenvalue weighted by molar-refractivity contribution is 7.21. The first kappa shape index (κ1) is 15.5. The highest BCUT2D eigenvalue weighted by Gasteiger charge is 2.22. The summed E-state index contributed by atoms with van der Waals surface area (Å²) in [5.41, 5.74) is 3.23. The second-order valence-corrected chi connectivity index (χ2v) is 6.49. The Bertz CT molecular complexity index is 1070. The molecule has 1 aromatic carbocycles. The predicted molar refractivity (Wildman–Crippen MR) is 96.0 cm³/mol. The largest absolute Gasteiger partial charge is 0.465 e. The Kier molecular flexibility index (Phi) is 3.77. The summed E-state index contributed by atoms with van der Waals surface area (Å²) >= 11 is 1.30. The lowest BCUT2D eigenvalue weighted by Crippen LogP contribution is -2.05. The minimum absolute atomic E-state index is 0.410. The van der Waals surface area contributed by atoms with Gasteiger partial charge in [0, 0.05) is 16.6 Å². The highest BCUT2D eigenvalue weighted by Crippen LogP contribution is 2.34. The maximum absolute atomic E-state index is 12.2. The van der Waals surface area contributed by atoms with E-state index < -0.39 is 5.97 Å². The Morgan fingerprint density at radius 2 is 1.96 bits per heavy atom. The number of esters is 1. The summed E-state index contributed by atoms with van der Waals surface area (Å²) in [6.45, 7) is 1.92. The number of fused-ring (bicyclic) bond motifs is 1. The molecule has 0 amide bonds. The van der Waals surface area contributed by atoms with Crippen molar-refractivity contribution in [1.82, 2.24) is 20.0 Å². The number of hydrogen-bond acceptors (Lipinski definition) is 6. The zero-order valence-corrected chi connectivity index (χ0v) is 14.4. The number of benzene rings is 1. The molecule has 0 aliphatic carbocycles. The van der Waals surface area contributed by atoms with Gasteiger partial charge in [0.2, 0.25) is 0 Å². The fourth-order valence-electron chi connectivity index (χ4n) is 2.63. The minimum Gasteiger partial charge on any atom is -0.465 e. The van der Waals surface area contributed by atoms with E-state index in [1.54, 1.807) is 4.68 Å². The minimum atomic E-state index is -0.410. The molecule has 7 heteroatoms. The van der Waals surface area contributed by atoms with Crippen molar-refractivity contribution in [2.75, 3.05) is 7.11 Å². The van der Waals surface area contributed by atoms with Crippen molar-refractivity contribution in [3.8, 4) is 16.9 Å². The molecule has 0 saturated carbocycles. The van der Waals surface area contributed by atoms with Gasteiger partial charge in [-0.25, -0.2) is 14.5 Å². The lowest BCUT2D eigenvalue weighted by molar-refractivity contribution is 0.0606. The third-order valence-electron chi connectivity index (χ3n) is 3.83. The number of aryl methyl sites for hydroxylation is 1. The van der Waals surface area contributed by atoms with Crippen molar-refractivity contribution in [2.45, 2.75) is 6.92 Å². The van der Waals surface area contributed by atoms with Gasteiger partial charge >= 0.3 is 5.97 Å². The van der Waals surface area contributed by atoms with Gasteiger partial charge in [0.25, 0.3) is 0 Å². The molecular weight excluding hydrogens is 336 g/mol. The average molecular weight is 350 g/mol. The number of thiophene rings is 1. The van der Waals surface area contributed by atoms with Crippen LogP contribution in [0.1, 0.15) is 15.4 Å². The SMILES string of the molecule is COC(=O)c1sc2nc(C)ccc2c1-n1cc(-c2ccccc2)nn1. The summed E-state index contributed by atoms with van der Waals surface area (Å²) in [6.07, 6.45) is 1.81. The quantitative estimate of drug-likeness (QED) is 0.528. The Hall–Kier alpha value is -3.06. The van der Waals surface area contributed by atoms with Gasteiger partial charge < -0.3 is 4.74 Å². The fourth-order valence-corrected chi connectivity index (χ4v) is 3.76. The molecule has 4 rings (SSSR count). The van der Waals surface area contributed by atoms with E-state index in [1.807, 2.05) is 55.6 Å². The molecule has 25 heavy (non-hydrogen) atoms. The molecule has 0 spiro atoms. The summed E-state index contributed by atoms with van der Waals surface area (Å²) in [5.74, 6) is -0.410. The molecule has 0 aliphatic rings. The van der Waals surface area contributed by atoms with Crippen LogP contribution in [0.25, 0.3) is 27.2 Å². The van der Waals surface area contributed by atoms with Crippen LogP contribution in [-0.2, 0) is 4.74 Å². The smallest absolute Gasteiger partial charge is 0.350 e. The molecule has 0 saturated heterocycles. The number of methoxy groups -OCH3 is 1. The van der Waals surface area contributed by atoms with Crippen LogP contribution in [0.3, 0.4) is 0 Å². The standard InChI is InChI=1S/C18H14N4O2S/c1-11-8-9-13-15(16(18(23)24-2)25-17(13)19-11)22-10-14(20-21-22)12-6-4-3-5-7-12/h3-10H,1-2H3. The van der Waals surface area contributed by atoms with Gasteiger partial charge in [-0.1, -0.05) is 35.5 Å².